The van der Waals surface area contributed by atoms with E-state index in [9.17, 15) is 14.0 Å². The number of benzene rings is 1. The number of hydrogen-bond donors (Lipinski definition) is 0. The van der Waals surface area contributed by atoms with Gasteiger partial charge in [0.25, 0.3) is 0 Å². The molecule has 2 heterocycles. The van der Waals surface area contributed by atoms with Crippen LogP contribution in [0.3, 0.4) is 0 Å². The van der Waals surface area contributed by atoms with E-state index in [0.717, 1.165) is 17.0 Å². The molecule has 31 heavy (non-hydrogen) atoms. The maximum absolute atomic E-state index is 14.5. The second-order valence-electron chi connectivity index (χ2n) is 7.52. The van der Waals surface area contributed by atoms with Crippen molar-refractivity contribution in [2.75, 3.05) is 11.9 Å². The first-order valence-electron chi connectivity index (χ1n) is 10.3. The number of Topliss-reactive ketones (excluding diaryl/α,β-unsaturated/α-hetero) is 1. The average molecular weight is 420 g/mol. The molecule has 0 fully saturated rings. The predicted octanol–water partition coefficient (Wildman–Crippen LogP) is 5.09. The summed E-state index contributed by atoms with van der Waals surface area (Å²) in [6.07, 6.45) is 2.83. The van der Waals surface area contributed by atoms with Crippen molar-refractivity contribution in [2.45, 2.75) is 40.0 Å². The zero-order valence-corrected chi connectivity index (χ0v) is 18.3. The smallest absolute Gasteiger partial charge is 0.226 e. The van der Waals surface area contributed by atoms with Crippen molar-refractivity contribution in [3.8, 4) is 11.1 Å². The van der Waals surface area contributed by atoms with Crippen LogP contribution in [0, 0.1) is 19.7 Å². The topological polar surface area (TPSA) is 63.2 Å². The van der Waals surface area contributed by atoms with Gasteiger partial charge in [0.15, 0.2) is 5.78 Å². The van der Waals surface area contributed by atoms with Crippen LogP contribution >= 0.6 is 0 Å². The van der Waals surface area contributed by atoms with Crippen LogP contribution in [0.2, 0.25) is 0 Å². The summed E-state index contributed by atoms with van der Waals surface area (Å²) in [5.74, 6) is -0.690. The van der Waals surface area contributed by atoms with Crippen LogP contribution in [0.4, 0.5) is 10.1 Å². The number of ketones is 1. The number of nitrogens with zero attached hydrogens (tertiary/aromatic N) is 3. The lowest BCUT2D eigenvalue weighted by Gasteiger charge is -2.17. The van der Waals surface area contributed by atoms with E-state index in [4.69, 9.17) is 0 Å². The van der Waals surface area contributed by atoms with E-state index in [0.29, 0.717) is 36.1 Å². The summed E-state index contributed by atoms with van der Waals surface area (Å²) >= 11 is 0. The Morgan fingerprint density at radius 1 is 1.03 bits per heavy atom. The molecular weight excluding hydrogens is 393 g/mol. The van der Waals surface area contributed by atoms with E-state index in [1.54, 1.807) is 44.4 Å². The maximum atomic E-state index is 14.5. The molecule has 3 aromatic rings. The summed E-state index contributed by atoms with van der Waals surface area (Å²) in [4.78, 5) is 34.4. The van der Waals surface area contributed by atoms with Crippen LogP contribution in [-0.2, 0) is 11.2 Å². The van der Waals surface area contributed by atoms with Crippen LogP contribution in [-0.4, -0.2) is 28.7 Å². The van der Waals surface area contributed by atoms with E-state index >= 15 is 0 Å². The van der Waals surface area contributed by atoms with Crippen molar-refractivity contribution in [3.05, 3.63) is 77.1 Å². The first kappa shape index (κ1) is 22.3. The minimum atomic E-state index is -0.482. The Hall–Kier alpha value is -3.41. The van der Waals surface area contributed by atoms with Crippen LogP contribution in [0.5, 0.6) is 0 Å². The SMILES string of the molecule is CCC(=O)N(C)c1ccc(-c2ccc(C(=O)CCc3ccc(C)nc3C)nc2)cc1F. The van der Waals surface area contributed by atoms with E-state index in [-0.39, 0.29) is 17.4 Å². The molecule has 2 aromatic heterocycles. The van der Waals surface area contributed by atoms with E-state index < -0.39 is 5.82 Å². The highest BCUT2D eigenvalue weighted by atomic mass is 19.1. The number of hydrogen-bond acceptors (Lipinski definition) is 4. The molecule has 1 aromatic carbocycles. The number of carbonyl (C=O) groups excluding carboxylic acids is 2. The number of rotatable bonds is 7. The van der Waals surface area contributed by atoms with Gasteiger partial charge in [0.2, 0.25) is 5.91 Å². The van der Waals surface area contributed by atoms with Gasteiger partial charge in [-0.05, 0) is 55.7 Å². The number of pyridine rings is 2. The summed E-state index contributed by atoms with van der Waals surface area (Å²) in [7, 11) is 1.56. The van der Waals surface area contributed by atoms with Gasteiger partial charge in [-0.3, -0.25) is 19.6 Å². The standard InChI is InChI=1S/C25H26FN3O2/c1-5-25(31)29(4)23-12-9-19(14-21(23)26)20-8-11-22(27-15-20)24(30)13-10-18-7-6-16(2)28-17(18)3/h6-9,11-12,14-15H,5,10,13H2,1-4H3. The molecule has 0 aliphatic heterocycles. The zero-order chi connectivity index (χ0) is 22.5. The third-order valence-electron chi connectivity index (χ3n) is 5.32. The molecule has 1 amide bonds. The quantitative estimate of drug-likeness (QED) is 0.501. The average Bonchev–Trinajstić information content (AvgIpc) is 2.77. The summed E-state index contributed by atoms with van der Waals surface area (Å²) in [5, 5.41) is 0. The molecule has 0 bridgehead atoms. The lowest BCUT2D eigenvalue weighted by atomic mass is 10.0. The predicted molar refractivity (Wildman–Crippen MR) is 120 cm³/mol. The van der Waals surface area contributed by atoms with Crippen molar-refractivity contribution < 1.29 is 14.0 Å². The second kappa shape index (κ2) is 9.60. The highest BCUT2D eigenvalue weighted by molar-refractivity contribution is 5.95. The molecule has 160 valence electrons. The lowest BCUT2D eigenvalue weighted by Crippen LogP contribution is -2.25. The molecular formula is C25H26FN3O2. The first-order valence-corrected chi connectivity index (χ1v) is 10.3. The molecule has 0 atom stereocenters. The highest BCUT2D eigenvalue weighted by Crippen LogP contribution is 2.26. The van der Waals surface area contributed by atoms with Gasteiger partial charge >= 0.3 is 0 Å². The normalized spacial score (nSPS) is 10.7. The summed E-state index contributed by atoms with van der Waals surface area (Å²) in [5.41, 5.74) is 4.89. The molecule has 3 rings (SSSR count). The summed E-state index contributed by atoms with van der Waals surface area (Å²) in [6.45, 7) is 5.62. The van der Waals surface area contributed by atoms with Crippen molar-refractivity contribution in [3.63, 3.8) is 0 Å². The van der Waals surface area contributed by atoms with Crippen molar-refractivity contribution >= 4 is 17.4 Å². The zero-order valence-electron chi connectivity index (χ0n) is 18.3. The monoisotopic (exact) mass is 419 g/mol. The van der Waals surface area contributed by atoms with Gasteiger partial charge in [0, 0.05) is 43.0 Å². The van der Waals surface area contributed by atoms with Crippen LogP contribution in [0.15, 0.2) is 48.7 Å². The minimum Gasteiger partial charge on any atom is -0.313 e. The Labute approximate surface area is 182 Å². The van der Waals surface area contributed by atoms with Gasteiger partial charge in [-0.25, -0.2) is 4.39 Å². The van der Waals surface area contributed by atoms with E-state index in [1.807, 2.05) is 26.0 Å². The first-order chi connectivity index (χ1) is 14.8. The van der Waals surface area contributed by atoms with Gasteiger partial charge in [-0.2, -0.15) is 0 Å². The number of amides is 1. The molecule has 0 saturated heterocycles. The van der Waals surface area contributed by atoms with Gasteiger partial charge in [-0.15, -0.1) is 0 Å². The number of carbonyl (C=O) groups is 2. The molecule has 0 spiro atoms. The minimum absolute atomic E-state index is 0.0484. The Morgan fingerprint density at radius 2 is 1.77 bits per heavy atom. The van der Waals surface area contributed by atoms with Gasteiger partial charge in [0.05, 0.1) is 5.69 Å². The van der Waals surface area contributed by atoms with E-state index in [1.165, 1.54) is 11.0 Å². The summed E-state index contributed by atoms with van der Waals surface area (Å²) < 4.78 is 14.5. The second-order valence-corrected chi connectivity index (χ2v) is 7.52. The maximum Gasteiger partial charge on any atom is 0.226 e. The van der Waals surface area contributed by atoms with Crippen LogP contribution in [0.25, 0.3) is 11.1 Å². The molecule has 0 radical (unpaired) electrons. The van der Waals surface area contributed by atoms with Crippen molar-refractivity contribution in [1.82, 2.24) is 9.97 Å². The molecule has 0 unspecified atom stereocenters. The molecule has 6 heteroatoms. The third-order valence-corrected chi connectivity index (χ3v) is 5.32. The molecule has 0 saturated carbocycles. The Morgan fingerprint density at radius 3 is 2.39 bits per heavy atom. The number of anilines is 1. The molecule has 0 N–H and O–H groups in total. The number of halogens is 1. The Bertz CT molecular complexity index is 1110. The Balaban J connectivity index is 1.70. The van der Waals surface area contributed by atoms with Crippen molar-refractivity contribution in [1.29, 1.82) is 0 Å². The molecule has 0 aliphatic carbocycles. The van der Waals surface area contributed by atoms with Gasteiger partial charge in [0.1, 0.15) is 11.5 Å². The molecule has 5 nitrogen and oxygen atoms in total. The number of aromatic nitrogens is 2. The molecule has 0 aliphatic rings. The van der Waals surface area contributed by atoms with Crippen LogP contribution < -0.4 is 4.90 Å². The van der Waals surface area contributed by atoms with E-state index in [2.05, 4.69) is 9.97 Å². The third kappa shape index (κ3) is 5.20. The number of aryl methyl sites for hydroxylation is 3. The van der Waals surface area contributed by atoms with Crippen molar-refractivity contribution in [2.24, 2.45) is 0 Å². The highest BCUT2D eigenvalue weighted by Gasteiger charge is 2.15. The fraction of sp³-hybridized carbons (Fsp3) is 0.280. The fourth-order valence-corrected chi connectivity index (χ4v) is 3.42. The van der Waals surface area contributed by atoms with Gasteiger partial charge in [-0.1, -0.05) is 25.1 Å². The van der Waals surface area contributed by atoms with Gasteiger partial charge < -0.3 is 4.90 Å². The lowest BCUT2D eigenvalue weighted by molar-refractivity contribution is -0.118. The van der Waals surface area contributed by atoms with Crippen LogP contribution in [0.1, 0.15) is 47.2 Å². The fourth-order valence-electron chi connectivity index (χ4n) is 3.42. The largest absolute Gasteiger partial charge is 0.313 e. The summed E-state index contributed by atoms with van der Waals surface area (Å²) in [6, 6.07) is 12.1. The Kier molecular flexibility index (Phi) is 6.90.